The van der Waals surface area contributed by atoms with E-state index >= 15 is 0 Å². The third kappa shape index (κ3) is 3.57. The lowest BCUT2D eigenvalue weighted by molar-refractivity contribution is 0.660. The topological polar surface area (TPSA) is 4.93 Å². The minimum Gasteiger partial charge on any atom is -0.312 e. The van der Waals surface area contributed by atoms with Gasteiger partial charge in [-0.05, 0) is 104 Å². The Labute approximate surface area is 283 Å². The fraction of sp³-hybridized carbons (Fsp3) is 0.191. The number of benzene rings is 5. The molecule has 2 unspecified atom stereocenters. The molecule has 6 aromatic rings. The maximum absolute atomic E-state index is 2.60. The van der Waals surface area contributed by atoms with Crippen LogP contribution in [0.3, 0.4) is 0 Å². The average Bonchev–Trinajstić information content (AvgIpc) is 3.69. The van der Waals surface area contributed by atoms with E-state index < -0.39 is 0 Å². The van der Waals surface area contributed by atoms with Gasteiger partial charge in [0, 0.05) is 33.7 Å². The van der Waals surface area contributed by atoms with E-state index in [1.165, 1.54) is 94.3 Å². The second kappa shape index (κ2) is 9.94. The zero-order chi connectivity index (χ0) is 32.3. The Morgan fingerprint density at radius 3 is 2.17 bits per heavy atom. The van der Waals surface area contributed by atoms with Gasteiger partial charge in [0.15, 0.2) is 0 Å². The molecule has 0 radical (unpaired) electrons. The molecule has 0 saturated carbocycles. The van der Waals surface area contributed by atoms with Crippen LogP contribution in [0.2, 0.25) is 0 Å². The van der Waals surface area contributed by atoms with E-state index in [4.69, 9.17) is 0 Å². The summed E-state index contributed by atoms with van der Waals surface area (Å²) in [5, 5.41) is 2.67. The van der Waals surface area contributed by atoms with E-state index in [0.29, 0.717) is 5.92 Å². The molecule has 0 spiro atoms. The summed E-state index contributed by atoms with van der Waals surface area (Å²) in [5.41, 5.74) is 20.9. The van der Waals surface area contributed by atoms with E-state index in [1.807, 2.05) is 0 Å². The molecule has 0 bridgehead atoms. The second-order valence-electron chi connectivity index (χ2n) is 14.7. The van der Waals surface area contributed by atoms with Crippen LogP contribution >= 0.6 is 0 Å². The SMILES string of the molecule is CCCc1c(-c2ccccc2C)ccc2c1-c1cc3c4ccccc4n(C4=CC=C5c6ccccc6C6=CC=CC4C65)c3cc1C2(C)C. The highest BCUT2D eigenvalue weighted by atomic mass is 15.0. The number of nitrogens with zero attached hydrogens (tertiary/aromatic N) is 1. The summed E-state index contributed by atoms with van der Waals surface area (Å²) in [7, 11) is 0. The summed E-state index contributed by atoms with van der Waals surface area (Å²) in [6.07, 6.45) is 14.1. The van der Waals surface area contributed by atoms with Crippen molar-refractivity contribution < 1.29 is 0 Å². The van der Waals surface area contributed by atoms with Gasteiger partial charge in [-0.25, -0.2) is 0 Å². The fourth-order valence-corrected chi connectivity index (χ4v) is 9.71. The van der Waals surface area contributed by atoms with E-state index in [-0.39, 0.29) is 11.3 Å². The lowest BCUT2D eigenvalue weighted by atomic mass is 9.75. The van der Waals surface area contributed by atoms with E-state index in [1.54, 1.807) is 0 Å². The quantitative estimate of drug-likeness (QED) is 0.185. The summed E-state index contributed by atoms with van der Waals surface area (Å²) in [6, 6.07) is 36.9. The number of rotatable bonds is 4. The Morgan fingerprint density at radius 2 is 1.38 bits per heavy atom. The van der Waals surface area contributed by atoms with Crippen molar-refractivity contribution in [1.29, 1.82) is 0 Å². The molecule has 4 aliphatic carbocycles. The van der Waals surface area contributed by atoms with Crippen LogP contribution in [0.15, 0.2) is 127 Å². The van der Waals surface area contributed by atoms with Crippen molar-refractivity contribution in [2.24, 2.45) is 11.8 Å². The second-order valence-corrected chi connectivity index (χ2v) is 14.7. The Hall–Kier alpha value is -5.14. The van der Waals surface area contributed by atoms with E-state index in [2.05, 4.69) is 160 Å². The smallest absolute Gasteiger partial charge is 0.0541 e. The molecule has 48 heavy (non-hydrogen) atoms. The number of hydrogen-bond donors (Lipinski definition) is 0. The summed E-state index contributed by atoms with van der Waals surface area (Å²) in [4.78, 5) is 0. The average molecular weight is 618 g/mol. The number of fused-ring (bicyclic) bond motifs is 9. The van der Waals surface area contributed by atoms with Gasteiger partial charge in [0.2, 0.25) is 0 Å². The van der Waals surface area contributed by atoms with Gasteiger partial charge in [-0.2, -0.15) is 0 Å². The van der Waals surface area contributed by atoms with Gasteiger partial charge in [-0.3, -0.25) is 0 Å². The maximum atomic E-state index is 2.60. The first-order valence-electron chi connectivity index (χ1n) is 17.7. The summed E-state index contributed by atoms with van der Waals surface area (Å²) < 4.78 is 2.60. The fourth-order valence-electron chi connectivity index (χ4n) is 9.71. The number of hydrogen-bond acceptors (Lipinski definition) is 0. The molecule has 2 atom stereocenters. The molecule has 1 nitrogen and oxygen atoms in total. The van der Waals surface area contributed by atoms with Gasteiger partial charge >= 0.3 is 0 Å². The van der Waals surface area contributed by atoms with Crippen LogP contribution in [-0.4, -0.2) is 4.57 Å². The Morgan fingerprint density at radius 1 is 0.646 bits per heavy atom. The third-order valence-electron chi connectivity index (χ3n) is 11.9. The van der Waals surface area contributed by atoms with Crippen LogP contribution in [0, 0.1) is 18.8 Å². The minimum absolute atomic E-state index is 0.103. The molecule has 0 aliphatic heterocycles. The number of aromatic nitrogens is 1. The highest BCUT2D eigenvalue weighted by Crippen LogP contribution is 2.57. The highest BCUT2D eigenvalue weighted by molar-refractivity contribution is 6.13. The summed E-state index contributed by atoms with van der Waals surface area (Å²) >= 11 is 0. The molecule has 232 valence electrons. The number of aryl methyl sites for hydroxylation is 1. The first-order chi connectivity index (χ1) is 23.5. The Bertz CT molecular complexity index is 2500. The predicted octanol–water partition coefficient (Wildman–Crippen LogP) is 12.2. The molecule has 1 heterocycles. The van der Waals surface area contributed by atoms with E-state index in [9.17, 15) is 0 Å². The van der Waals surface area contributed by atoms with Crippen LogP contribution in [0.25, 0.3) is 60.9 Å². The third-order valence-corrected chi connectivity index (χ3v) is 11.9. The minimum atomic E-state index is -0.103. The van der Waals surface area contributed by atoms with Gasteiger partial charge in [-0.15, -0.1) is 0 Å². The number of allylic oxidation sites excluding steroid dienone is 8. The van der Waals surface area contributed by atoms with Crippen LogP contribution in [0.5, 0.6) is 0 Å². The molecule has 1 heteroatoms. The van der Waals surface area contributed by atoms with Crippen LogP contribution in [0.1, 0.15) is 60.6 Å². The van der Waals surface area contributed by atoms with Crippen LogP contribution in [-0.2, 0) is 11.8 Å². The molecule has 1 aromatic heterocycles. The Balaban J connectivity index is 1.24. The molecule has 0 amide bonds. The van der Waals surface area contributed by atoms with Crippen molar-refractivity contribution in [2.75, 3.05) is 0 Å². The number of para-hydroxylation sites is 1. The van der Waals surface area contributed by atoms with Crippen molar-refractivity contribution in [3.05, 3.63) is 161 Å². The predicted molar refractivity (Wildman–Crippen MR) is 204 cm³/mol. The zero-order valence-corrected chi connectivity index (χ0v) is 28.1. The molecule has 4 aliphatic rings. The molecule has 0 saturated heterocycles. The van der Waals surface area contributed by atoms with Crippen molar-refractivity contribution in [3.63, 3.8) is 0 Å². The van der Waals surface area contributed by atoms with Crippen LogP contribution < -0.4 is 0 Å². The molecule has 5 aromatic carbocycles. The van der Waals surface area contributed by atoms with Crippen molar-refractivity contribution in [2.45, 2.75) is 46.0 Å². The first-order valence-corrected chi connectivity index (χ1v) is 17.7. The van der Waals surface area contributed by atoms with Crippen LogP contribution in [0.4, 0.5) is 0 Å². The lowest BCUT2D eigenvalue weighted by Gasteiger charge is -2.32. The molecule has 0 N–H and O–H groups in total. The van der Waals surface area contributed by atoms with E-state index in [0.717, 1.165) is 12.8 Å². The maximum Gasteiger partial charge on any atom is 0.0541 e. The highest BCUT2D eigenvalue weighted by Gasteiger charge is 2.42. The molecule has 10 rings (SSSR count). The standard InChI is InChI=1S/C47H39N/c1-5-13-34-32(29-15-7-6-14-28(29)2)22-24-40-46(34)39-26-38-33-18-10-11-21-42(33)48(44(38)27-41(39)47(40,3)4)43-25-23-36-31-17-9-8-16-30(31)35-19-12-20-37(43)45(35)36/h6-12,14-27,37,45H,5,13H2,1-4H3. The lowest BCUT2D eigenvalue weighted by Crippen LogP contribution is -2.21. The zero-order valence-electron chi connectivity index (χ0n) is 28.1. The van der Waals surface area contributed by atoms with Crippen molar-refractivity contribution >= 4 is 38.6 Å². The Kier molecular flexibility index (Phi) is 5.78. The van der Waals surface area contributed by atoms with Gasteiger partial charge in [0.1, 0.15) is 0 Å². The largest absolute Gasteiger partial charge is 0.312 e. The summed E-state index contributed by atoms with van der Waals surface area (Å²) in [6.45, 7) is 9.44. The molecular weight excluding hydrogens is 579 g/mol. The molecular formula is C47H39N. The monoisotopic (exact) mass is 617 g/mol. The molecule has 0 fully saturated rings. The van der Waals surface area contributed by atoms with Gasteiger partial charge in [0.05, 0.1) is 11.0 Å². The van der Waals surface area contributed by atoms with Crippen molar-refractivity contribution in [3.8, 4) is 22.3 Å². The normalized spacial score (nSPS) is 19.5. The van der Waals surface area contributed by atoms with Gasteiger partial charge in [-0.1, -0.05) is 130 Å². The summed E-state index contributed by atoms with van der Waals surface area (Å²) in [5.74, 6) is 0.637. The van der Waals surface area contributed by atoms with Crippen molar-refractivity contribution in [1.82, 2.24) is 4.57 Å². The van der Waals surface area contributed by atoms with Gasteiger partial charge in [0.25, 0.3) is 0 Å². The van der Waals surface area contributed by atoms with Gasteiger partial charge < -0.3 is 4.57 Å². The first kappa shape index (κ1) is 27.9.